The van der Waals surface area contributed by atoms with E-state index in [1.165, 1.54) is 340 Å². The summed E-state index contributed by atoms with van der Waals surface area (Å²) in [5.41, 5.74) is 0. The summed E-state index contributed by atoms with van der Waals surface area (Å²) in [6.07, 6.45) is 86.9. The van der Waals surface area contributed by atoms with Crippen LogP contribution >= 0.6 is 0 Å². The van der Waals surface area contributed by atoms with E-state index >= 15 is 0 Å². The van der Waals surface area contributed by atoms with E-state index in [2.05, 4.69) is 32.9 Å². The van der Waals surface area contributed by atoms with Crippen LogP contribution in [0.2, 0.25) is 0 Å². The van der Waals surface area contributed by atoms with Crippen LogP contribution in [0.15, 0.2) is 12.2 Å². The number of hydrogen-bond donors (Lipinski definition) is 0. The smallest absolute Gasteiger partial charge is 0.306 e. The lowest BCUT2D eigenvalue weighted by Crippen LogP contribution is -2.30. The first-order chi connectivity index (χ1) is 40.5. The number of carbonyl (C=O) groups is 3. The number of hydrogen-bond acceptors (Lipinski definition) is 6. The van der Waals surface area contributed by atoms with Gasteiger partial charge in [-0.1, -0.05) is 386 Å². The molecule has 6 nitrogen and oxygen atoms in total. The fourth-order valence-corrected chi connectivity index (χ4v) is 11.9. The van der Waals surface area contributed by atoms with Crippen molar-refractivity contribution in [2.45, 2.75) is 444 Å². The summed E-state index contributed by atoms with van der Waals surface area (Å²) in [6.45, 7) is 6.74. The van der Waals surface area contributed by atoms with Crippen LogP contribution in [0.1, 0.15) is 438 Å². The maximum atomic E-state index is 13.0. The number of carbonyl (C=O) groups excluding carboxylic acids is 3. The molecule has 0 bridgehead atoms. The highest BCUT2D eigenvalue weighted by Gasteiger charge is 2.20. The molecule has 0 aromatic rings. The second-order valence-electron chi connectivity index (χ2n) is 25.9. The summed E-state index contributed by atoms with van der Waals surface area (Å²) in [5, 5.41) is 0. The van der Waals surface area contributed by atoms with Crippen LogP contribution in [0.4, 0.5) is 0 Å². The average molecular weight is 1160 g/mol. The highest BCUT2D eigenvalue weighted by molar-refractivity contribution is 5.71. The number of allylic oxidation sites excluding steroid dienone is 2. The topological polar surface area (TPSA) is 78.9 Å². The van der Waals surface area contributed by atoms with Gasteiger partial charge in [0.15, 0.2) is 6.10 Å². The molecular weight excluding hydrogens is 1010 g/mol. The van der Waals surface area contributed by atoms with Crippen LogP contribution in [0, 0.1) is 0 Å². The van der Waals surface area contributed by atoms with Crippen molar-refractivity contribution in [3.05, 3.63) is 12.2 Å². The van der Waals surface area contributed by atoms with Crippen molar-refractivity contribution >= 4 is 17.9 Å². The highest BCUT2D eigenvalue weighted by atomic mass is 16.6. The van der Waals surface area contributed by atoms with Crippen LogP contribution in [0.3, 0.4) is 0 Å². The molecule has 0 aromatic heterocycles. The predicted octanol–water partition coefficient (Wildman–Crippen LogP) is 26.0. The minimum atomic E-state index is -0.766. The molecule has 0 aliphatic heterocycles. The SMILES string of the molecule is CCCCCCCCCC/C=C\CCCCCCCCCCCCCCCC(=O)OCC(COC(=O)CCCCCCCCCCCCCCCC)OC(=O)CCCCCCCCCCCCCCCCCCCCCCCCCCC. The fraction of sp³-hybridized carbons (Fsp3) is 0.934. The lowest BCUT2D eigenvalue weighted by atomic mass is 10.0. The number of rotatable bonds is 71. The molecule has 82 heavy (non-hydrogen) atoms. The largest absolute Gasteiger partial charge is 0.462 e. The van der Waals surface area contributed by atoms with Gasteiger partial charge in [0.05, 0.1) is 0 Å². The minimum Gasteiger partial charge on any atom is -0.462 e. The molecule has 0 aliphatic rings. The Balaban J connectivity index is 4.20. The van der Waals surface area contributed by atoms with Gasteiger partial charge in [0, 0.05) is 19.3 Å². The van der Waals surface area contributed by atoms with Crippen molar-refractivity contribution in [1.29, 1.82) is 0 Å². The standard InChI is InChI=1S/C76H146O6/c1-4-7-10-13-16-19-22-25-28-30-32-34-36-38-40-42-44-46-48-51-54-57-60-63-66-69-75(78)81-72-73(71-80-74(77)68-65-62-59-56-53-50-27-24-21-18-15-12-9-6-3)82-76(79)70-67-64-61-58-55-52-49-47-45-43-41-39-37-35-33-31-29-26-23-20-17-14-11-8-5-2/h30,32,73H,4-29,31,33-72H2,1-3H3/b32-30-. The molecule has 1 atom stereocenters. The van der Waals surface area contributed by atoms with Gasteiger partial charge in [-0.3, -0.25) is 14.4 Å². The summed E-state index contributed by atoms with van der Waals surface area (Å²) >= 11 is 0. The van der Waals surface area contributed by atoms with E-state index in [1.54, 1.807) is 0 Å². The monoisotopic (exact) mass is 1160 g/mol. The molecule has 0 spiro atoms. The molecule has 0 aliphatic carbocycles. The third-order valence-electron chi connectivity index (χ3n) is 17.5. The van der Waals surface area contributed by atoms with E-state index in [1.807, 2.05) is 0 Å². The Kier molecular flexibility index (Phi) is 70.0. The van der Waals surface area contributed by atoms with Crippen LogP contribution in [-0.2, 0) is 28.6 Å². The van der Waals surface area contributed by atoms with Crippen LogP contribution < -0.4 is 0 Å². The zero-order valence-corrected chi connectivity index (χ0v) is 56.1. The number of ether oxygens (including phenoxy) is 3. The zero-order chi connectivity index (χ0) is 59.2. The zero-order valence-electron chi connectivity index (χ0n) is 56.1. The molecule has 0 amide bonds. The predicted molar refractivity (Wildman–Crippen MR) is 358 cm³/mol. The summed E-state index contributed by atoms with van der Waals surface area (Å²) < 4.78 is 17.0. The van der Waals surface area contributed by atoms with Gasteiger partial charge in [0.2, 0.25) is 0 Å². The minimum absolute atomic E-state index is 0.0622. The van der Waals surface area contributed by atoms with E-state index in [9.17, 15) is 14.4 Å². The van der Waals surface area contributed by atoms with Gasteiger partial charge in [-0.2, -0.15) is 0 Å². The normalized spacial score (nSPS) is 12.0. The van der Waals surface area contributed by atoms with Gasteiger partial charge in [0.1, 0.15) is 13.2 Å². The van der Waals surface area contributed by atoms with Crippen molar-refractivity contribution < 1.29 is 28.6 Å². The first-order valence-corrected chi connectivity index (χ1v) is 37.7. The van der Waals surface area contributed by atoms with Crippen molar-refractivity contribution in [2.24, 2.45) is 0 Å². The average Bonchev–Trinajstić information content (AvgIpc) is 3.47. The summed E-state index contributed by atoms with van der Waals surface area (Å²) in [6, 6.07) is 0. The first kappa shape index (κ1) is 80.2. The Morgan fingerprint density at radius 1 is 0.232 bits per heavy atom. The molecule has 6 heteroatoms. The summed E-state index contributed by atoms with van der Waals surface area (Å²) in [4.78, 5) is 38.5. The van der Waals surface area contributed by atoms with Gasteiger partial charge in [-0.25, -0.2) is 0 Å². The lowest BCUT2D eigenvalue weighted by Gasteiger charge is -2.18. The fourth-order valence-electron chi connectivity index (χ4n) is 11.9. The summed E-state index contributed by atoms with van der Waals surface area (Å²) in [7, 11) is 0. The summed E-state index contributed by atoms with van der Waals surface area (Å²) in [5.74, 6) is -0.822. The van der Waals surface area contributed by atoms with Gasteiger partial charge >= 0.3 is 17.9 Å². The molecule has 0 aromatic carbocycles. The Bertz CT molecular complexity index is 1280. The van der Waals surface area contributed by atoms with Crippen LogP contribution in [0.25, 0.3) is 0 Å². The number of unbranched alkanes of at least 4 members (excludes halogenated alkanes) is 58. The van der Waals surface area contributed by atoms with E-state index in [0.717, 1.165) is 57.8 Å². The lowest BCUT2D eigenvalue weighted by molar-refractivity contribution is -0.167. The van der Waals surface area contributed by atoms with E-state index in [4.69, 9.17) is 14.2 Å². The molecule has 0 heterocycles. The molecule has 486 valence electrons. The van der Waals surface area contributed by atoms with Gasteiger partial charge in [0.25, 0.3) is 0 Å². The Morgan fingerprint density at radius 3 is 0.610 bits per heavy atom. The third kappa shape index (κ3) is 68.9. The Morgan fingerprint density at radius 2 is 0.402 bits per heavy atom. The second kappa shape index (κ2) is 71.6. The maximum absolute atomic E-state index is 13.0. The van der Waals surface area contributed by atoms with E-state index in [0.29, 0.717) is 19.3 Å². The van der Waals surface area contributed by atoms with Crippen LogP contribution in [0.5, 0.6) is 0 Å². The molecule has 0 saturated heterocycles. The second-order valence-corrected chi connectivity index (χ2v) is 25.9. The Hall–Kier alpha value is -1.85. The molecule has 0 fully saturated rings. The van der Waals surface area contributed by atoms with Crippen molar-refractivity contribution in [3.63, 3.8) is 0 Å². The molecule has 0 radical (unpaired) electrons. The van der Waals surface area contributed by atoms with Crippen molar-refractivity contribution in [1.82, 2.24) is 0 Å². The van der Waals surface area contributed by atoms with E-state index < -0.39 is 6.10 Å². The Labute approximate surface area is 513 Å². The van der Waals surface area contributed by atoms with Crippen LogP contribution in [-0.4, -0.2) is 37.2 Å². The maximum Gasteiger partial charge on any atom is 0.306 e. The van der Waals surface area contributed by atoms with E-state index in [-0.39, 0.29) is 31.1 Å². The third-order valence-corrected chi connectivity index (χ3v) is 17.5. The number of esters is 3. The first-order valence-electron chi connectivity index (χ1n) is 37.7. The molecule has 0 N–H and O–H groups in total. The van der Waals surface area contributed by atoms with Gasteiger partial charge in [-0.15, -0.1) is 0 Å². The quantitative estimate of drug-likeness (QED) is 0.0261. The molecular formula is C76H146O6. The van der Waals surface area contributed by atoms with Crippen molar-refractivity contribution in [2.75, 3.05) is 13.2 Å². The highest BCUT2D eigenvalue weighted by Crippen LogP contribution is 2.20. The molecule has 1 unspecified atom stereocenters. The van der Waals surface area contributed by atoms with Gasteiger partial charge in [-0.05, 0) is 44.9 Å². The molecule has 0 saturated carbocycles. The molecule has 0 rings (SSSR count). The van der Waals surface area contributed by atoms with Gasteiger partial charge < -0.3 is 14.2 Å². The van der Waals surface area contributed by atoms with Crippen molar-refractivity contribution in [3.8, 4) is 0 Å².